The number of nitrogens with zero attached hydrogens (tertiary/aromatic N) is 1. The van der Waals surface area contributed by atoms with Gasteiger partial charge in [0.1, 0.15) is 0 Å². The Morgan fingerprint density at radius 2 is 1.30 bits per heavy atom. The predicted molar refractivity (Wildman–Crippen MR) is 84.0 cm³/mol. The summed E-state index contributed by atoms with van der Waals surface area (Å²) in [5.74, 6) is 0.246. The molecule has 116 valence electrons. The fraction of sp³-hybridized carbons (Fsp3) is 0.938. The van der Waals surface area contributed by atoms with E-state index in [1.54, 1.807) is 0 Å². The fourth-order valence-corrected chi connectivity index (χ4v) is 4.52. The van der Waals surface area contributed by atoms with Crippen molar-refractivity contribution in [1.82, 2.24) is 4.90 Å². The normalized spacial score (nSPS) is 28.1. The van der Waals surface area contributed by atoms with E-state index in [2.05, 4.69) is 4.90 Å². The zero-order chi connectivity index (χ0) is 13.3. The Hall–Kier alpha value is -0.280. The molecule has 2 saturated carbocycles. The summed E-state index contributed by atoms with van der Waals surface area (Å²) in [6, 6.07) is 0. The van der Waals surface area contributed by atoms with Crippen LogP contribution in [0.15, 0.2) is 0 Å². The van der Waals surface area contributed by atoms with Crippen LogP contribution in [0.2, 0.25) is 0 Å². The second-order valence-corrected chi connectivity index (χ2v) is 7.22. The number of nitrogens with two attached hydrogens (primary N) is 1. The van der Waals surface area contributed by atoms with Crippen LogP contribution in [0.5, 0.6) is 0 Å². The van der Waals surface area contributed by atoms with Crippen molar-refractivity contribution in [1.29, 1.82) is 0 Å². The number of hydrogen-bond acceptors (Lipinski definition) is 2. The number of carbonyl (C=O) groups excluding carboxylic acids is 1. The summed E-state index contributed by atoms with van der Waals surface area (Å²) in [6.45, 7) is 1.91. The summed E-state index contributed by atoms with van der Waals surface area (Å²) in [6.07, 6.45) is 13.5. The molecule has 3 aliphatic rings. The van der Waals surface area contributed by atoms with Crippen molar-refractivity contribution < 1.29 is 4.79 Å². The molecule has 0 radical (unpaired) electrons. The third-order valence-electron chi connectivity index (χ3n) is 5.95. The first-order valence-corrected chi connectivity index (χ1v) is 8.22. The van der Waals surface area contributed by atoms with E-state index in [4.69, 9.17) is 5.73 Å². The van der Waals surface area contributed by atoms with Crippen LogP contribution in [0.25, 0.3) is 0 Å². The van der Waals surface area contributed by atoms with Crippen LogP contribution in [0.4, 0.5) is 0 Å². The van der Waals surface area contributed by atoms with E-state index < -0.39 is 5.54 Å². The van der Waals surface area contributed by atoms with Crippen LogP contribution in [0.1, 0.15) is 70.6 Å². The van der Waals surface area contributed by atoms with Gasteiger partial charge >= 0.3 is 0 Å². The number of carbonyl (C=O) groups is 1. The Morgan fingerprint density at radius 3 is 1.85 bits per heavy atom. The SMILES string of the molecule is Cl.NC1(C(=O)N2CCC3(CCCCC3)CC2)CCCC1. The van der Waals surface area contributed by atoms with Gasteiger partial charge in [-0.1, -0.05) is 32.1 Å². The lowest BCUT2D eigenvalue weighted by Crippen LogP contribution is -2.56. The highest BCUT2D eigenvalue weighted by molar-refractivity contribution is 5.86. The summed E-state index contributed by atoms with van der Waals surface area (Å²) < 4.78 is 0. The smallest absolute Gasteiger partial charge is 0.242 e. The highest BCUT2D eigenvalue weighted by atomic mass is 35.5. The van der Waals surface area contributed by atoms with Gasteiger partial charge in [-0.05, 0) is 43.9 Å². The highest BCUT2D eigenvalue weighted by Gasteiger charge is 2.43. The number of piperidine rings is 1. The maximum absolute atomic E-state index is 12.6. The molecule has 1 amide bonds. The van der Waals surface area contributed by atoms with Gasteiger partial charge in [0.05, 0.1) is 5.54 Å². The molecule has 0 bridgehead atoms. The van der Waals surface area contributed by atoms with Crippen LogP contribution in [0, 0.1) is 5.41 Å². The first-order chi connectivity index (χ1) is 9.14. The zero-order valence-corrected chi connectivity index (χ0v) is 13.3. The molecule has 4 heteroatoms. The second-order valence-electron chi connectivity index (χ2n) is 7.22. The second kappa shape index (κ2) is 6.23. The molecule has 3 fully saturated rings. The highest BCUT2D eigenvalue weighted by Crippen LogP contribution is 2.45. The Labute approximate surface area is 129 Å². The molecule has 0 aromatic carbocycles. The van der Waals surface area contributed by atoms with Crippen molar-refractivity contribution in [2.24, 2.45) is 11.1 Å². The van der Waals surface area contributed by atoms with E-state index in [9.17, 15) is 4.79 Å². The number of rotatable bonds is 1. The van der Waals surface area contributed by atoms with Crippen LogP contribution in [-0.2, 0) is 4.79 Å². The van der Waals surface area contributed by atoms with Gasteiger partial charge < -0.3 is 10.6 Å². The van der Waals surface area contributed by atoms with E-state index in [0.29, 0.717) is 5.41 Å². The van der Waals surface area contributed by atoms with Crippen LogP contribution in [0.3, 0.4) is 0 Å². The number of halogens is 1. The summed E-state index contributed by atoms with van der Waals surface area (Å²) >= 11 is 0. The topological polar surface area (TPSA) is 46.3 Å². The van der Waals surface area contributed by atoms with Crippen molar-refractivity contribution in [3.63, 3.8) is 0 Å². The average Bonchev–Trinajstić information content (AvgIpc) is 2.88. The Balaban J connectivity index is 0.00000147. The molecule has 3 rings (SSSR count). The molecule has 2 N–H and O–H groups in total. The Bertz CT molecular complexity index is 336. The summed E-state index contributed by atoms with van der Waals surface area (Å²) in [5.41, 5.74) is 6.37. The van der Waals surface area contributed by atoms with Gasteiger partial charge in [-0.25, -0.2) is 0 Å². The molecule has 1 spiro atoms. The Kier molecular flexibility index (Phi) is 5.01. The molecule has 0 atom stereocenters. The standard InChI is InChI=1S/C16H28N2O.ClH/c17-16(8-4-5-9-16)14(19)18-12-10-15(11-13-18)6-2-1-3-7-15;/h1-13,17H2;1H. The number of likely N-dealkylation sites (tertiary alicyclic amines) is 1. The monoisotopic (exact) mass is 300 g/mol. The van der Waals surface area contributed by atoms with Crippen LogP contribution >= 0.6 is 12.4 Å². The Morgan fingerprint density at radius 1 is 0.800 bits per heavy atom. The van der Waals surface area contributed by atoms with Crippen molar-refractivity contribution in [2.75, 3.05) is 13.1 Å². The molecular weight excluding hydrogens is 272 g/mol. The average molecular weight is 301 g/mol. The summed E-state index contributed by atoms with van der Waals surface area (Å²) in [7, 11) is 0. The quantitative estimate of drug-likeness (QED) is 0.808. The first kappa shape index (κ1) is 16.1. The largest absolute Gasteiger partial charge is 0.341 e. The minimum Gasteiger partial charge on any atom is -0.341 e. The maximum Gasteiger partial charge on any atom is 0.242 e. The summed E-state index contributed by atoms with van der Waals surface area (Å²) in [4.78, 5) is 14.7. The van der Waals surface area contributed by atoms with E-state index in [1.807, 2.05) is 0 Å². The van der Waals surface area contributed by atoms with Gasteiger partial charge in [0.2, 0.25) is 5.91 Å². The third kappa shape index (κ3) is 2.99. The minimum absolute atomic E-state index is 0. The summed E-state index contributed by atoms with van der Waals surface area (Å²) in [5, 5.41) is 0. The van der Waals surface area contributed by atoms with Crippen LogP contribution in [-0.4, -0.2) is 29.4 Å². The lowest BCUT2D eigenvalue weighted by molar-refractivity contribution is -0.139. The lowest BCUT2D eigenvalue weighted by atomic mass is 9.68. The fourth-order valence-electron chi connectivity index (χ4n) is 4.52. The van der Waals surface area contributed by atoms with Crippen molar-refractivity contribution >= 4 is 18.3 Å². The molecule has 1 aliphatic heterocycles. The van der Waals surface area contributed by atoms with Crippen molar-refractivity contribution in [3.8, 4) is 0 Å². The molecule has 3 nitrogen and oxygen atoms in total. The molecule has 20 heavy (non-hydrogen) atoms. The predicted octanol–water partition coefficient (Wildman–Crippen LogP) is 3.25. The van der Waals surface area contributed by atoms with Gasteiger partial charge in [-0.3, -0.25) is 4.79 Å². The lowest BCUT2D eigenvalue weighted by Gasteiger charge is -2.45. The van der Waals surface area contributed by atoms with Crippen LogP contribution < -0.4 is 5.73 Å². The molecule has 0 aromatic heterocycles. The molecule has 1 heterocycles. The minimum atomic E-state index is -0.517. The number of hydrogen-bond donors (Lipinski definition) is 1. The van der Waals surface area contributed by atoms with Gasteiger partial charge in [-0.2, -0.15) is 0 Å². The van der Waals surface area contributed by atoms with E-state index in [1.165, 1.54) is 44.9 Å². The van der Waals surface area contributed by atoms with E-state index in [-0.39, 0.29) is 18.3 Å². The first-order valence-electron chi connectivity index (χ1n) is 8.22. The molecule has 0 aromatic rings. The maximum atomic E-state index is 12.6. The van der Waals surface area contributed by atoms with E-state index in [0.717, 1.165) is 38.8 Å². The van der Waals surface area contributed by atoms with Gasteiger partial charge in [-0.15, -0.1) is 12.4 Å². The van der Waals surface area contributed by atoms with Crippen molar-refractivity contribution in [3.05, 3.63) is 0 Å². The third-order valence-corrected chi connectivity index (χ3v) is 5.95. The molecule has 1 saturated heterocycles. The zero-order valence-electron chi connectivity index (χ0n) is 12.5. The van der Waals surface area contributed by atoms with Gasteiger partial charge in [0.15, 0.2) is 0 Å². The van der Waals surface area contributed by atoms with E-state index >= 15 is 0 Å². The molecule has 2 aliphatic carbocycles. The van der Waals surface area contributed by atoms with Gasteiger partial charge in [0.25, 0.3) is 0 Å². The van der Waals surface area contributed by atoms with Crippen molar-refractivity contribution in [2.45, 2.75) is 76.2 Å². The van der Waals surface area contributed by atoms with Gasteiger partial charge in [0, 0.05) is 13.1 Å². The molecule has 0 unspecified atom stereocenters. The molecular formula is C16H29ClN2O. The number of amides is 1.